The third-order valence-corrected chi connectivity index (χ3v) is 2.30. The molecule has 1 aromatic carbocycles. The summed E-state index contributed by atoms with van der Waals surface area (Å²) in [5, 5.41) is 0. The minimum absolute atomic E-state index is 0.111. The minimum atomic E-state index is -4.31. The molecule has 0 unspecified atom stereocenters. The zero-order valence-corrected chi connectivity index (χ0v) is 7.54. The second-order valence-electron chi connectivity index (χ2n) is 2.69. The molecule has 0 atom stereocenters. The van der Waals surface area contributed by atoms with Gasteiger partial charge in [-0.1, -0.05) is 6.07 Å². The summed E-state index contributed by atoms with van der Waals surface area (Å²) >= 11 is 0. The summed E-state index contributed by atoms with van der Waals surface area (Å²) in [4.78, 5) is 26.0. The highest BCUT2D eigenvalue weighted by Gasteiger charge is 2.28. The molecular formula is C7H8F2O3Si. The standard InChI is InChI=1S/C7H8F2O3Si/c8-6-2-1-5(7(9)3-6)4-13(10,11)12/h1-3,10-12H,4H2. The first-order valence-electron chi connectivity index (χ1n) is 3.49. The van der Waals surface area contributed by atoms with Crippen LogP contribution in [0.5, 0.6) is 0 Å². The summed E-state index contributed by atoms with van der Waals surface area (Å²) in [7, 11) is -4.31. The van der Waals surface area contributed by atoms with Crippen LogP contribution in [0.2, 0.25) is 0 Å². The Bertz CT molecular complexity index is 311. The number of benzene rings is 1. The molecule has 0 radical (unpaired) electrons. The third-order valence-electron chi connectivity index (χ3n) is 1.44. The first-order valence-corrected chi connectivity index (χ1v) is 5.54. The van der Waals surface area contributed by atoms with Crippen LogP contribution in [0.15, 0.2) is 18.2 Å². The van der Waals surface area contributed by atoms with Crippen molar-refractivity contribution in [2.24, 2.45) is 0 Å². The summed E-state index contributed by atoms with van der Waals surface area (Å²) < 4.78 is 25.2. The second kappa shape index (κ2) is 3.50. The van der Waals surface area contributed by atoms with Crippen molar-refractivity contribution < 1.29 is 23.2 Å². The number of rotatable bonds is 2. The summed E-state index contributed by atoms with van der Waals surface area (Å²) in [5.74, 6) is -1.64. The van der Waals surface area contributed by atoms with Gasteiger partial charge in [-0.15, -0.1) is 0 Å². The summed E-state index contributed by atoms with van der Waals surface area (Å²) in [5.41, 5.74) is -0.111. The largest absolute Gasteiger partial charge is 0.497 e. The predicted octanol–water partition coefficient (Wildman–Crippen LogP) is -0.0377. The molecular weight excluding hydrogens is 198 g/mol. The van der Waals surface area contributed by atoms with E-state index in [1.165, 1.54) is 0 Å². The molecule has 3 N–H and O–H groups in total. The van der Waals surface area contributed by atoms with Crippen LogP contribution in [0, 0.1) is 11.6 Å². The van der Waals surface area contributed by atoms with Gasteiger partial charge in [-0.2, -0.15) is 0 Å². The molecule has 72 valence electrons. The first-order chi connectivity index (χ1) is 5.88. The minimum Gasteiger partial charge on any atom is -0.390 e. The van der Waals surface area contributed by atoms with Crippen molar-refractivity contribution in [3.05, 3.63) is 35.4 Å². The maximum atomic E-state index is 12.8. The average Bonchev–Trinajstić information content (AvgIpc) is 1.93. The number of halogens is 2. The van der Waals surface area contributed by atoms with E-state index in [2.05, 4.69) is 0 Å². The Morgan fingerprint density at radius 1 is 1.15 bits per heavy atom. The molecule has 0 fully saturated rings. The van der Waals surface area contributed by atoms with Crippen LogP contribution in [0.25, 0.3) is 0 Å². The Kier molecular flexibility index (Phi) is 2.76. The number of hydrogen-bond donors (Lipinski definition) is 3. The van der Waals surface area contributed by atoms with E-state index in [1.54, 1.807) is 0 Å². The van der Waals surface area contributed by atoms with Crippen LogP contribution in [-0.4, -0.2) is 23.2 Å². The van der Waals surface area contributed by atoms with Crippen LogP contribution in [0.1, 0.15) is 5.56 Å². The van der Waals surface area contributed by atoms with Gasteiger partial charge in [-0.3, -0.25) is 0 Å². The quantitative estimate of drug-likeness (QED) is 0.595. The molecule has 0 aliphatic rings. The summed E-state index contributed by atoms with van der Waals surface area (Å²) in [6.45, 7) is 0. The lowest BCUT2D eigenvalue weighted by molar-refractivity contribution is 0.226. The first kappa shape index (κ1) is 10.3. The molecule has 1 rings (SSSR count). The zero-order chi connectivity index (χ0) is 10.1. The van der Waals surface area contributed by atoms with E-state index in [0.29, 0.717) is 6.07 Å². The smallest absolute Gasteiger partial charge is 0.390 e. The van der Waals surface area contributed by atoms with Gasteiger partial charge in [0.2, 0.25) is 0 Å². The van der Waals surface area contributed by atoms with E-state index >= 15 is 0 Å². The summed E-state index contributed by atoms with van der Waals surface area (Å²) in [6.07, 6.45) is 0. The molecule has 0 aliphatic carbocycles. The lowest BCUT2D eigenvalue weighted by atomic mass is 10.2. The van der Waals surface area contributed by atoms with Crippen molar-refractivity contribution in [3.63, 3.8) is 0 Å². The van der Waals surface area contributed by atoms with Crippen molar-refractivity contribution >= 4 is 8.80 Å². The molecule has 0 saturated heterocycles. The van der Waals surface area contributed by atoms with E-state index in [-0.39, 0.29) is 5.56 Å². The molecule has 1 aromatic rings. The van der Waals surface area contributed by atoms with Crippen molar-refractivity contribution in [2.45, 2.75) is 6.04 Å². The monoisotopic (exact) mass is 206 g/mol. The van der Waals surface area contributed by atoms with Crippen LogP contribution in [0.3, 0.4) is 0 Å². The fraction of sp³-hybridized carbons (Fsp3) is 0.143. The maximum Gasteiger partial charge on any atom is 0.497 e. The third kappa shape index (κ3) is 3.19. The van der Waals surface area contributed by atoms with Crippen molar-refractivity contribution in [1.82, 2.24) is 0 Å². The molecule has 0 bridgehead atoms. The Morgan fingerprint density at radius 2 is 1.77 bits per heavy atom. The maximum absolute atomic E-state index is 12.8. The van der Waals surface area contributed by atoms with Crippen LogP contribution in [0.4, 0.5) is 8.78 Å². The Balaban J connectivity index is 2.90. The molecule has 3 nitrogen and oxygen atoms in total. The highest BCUT2D eigenvalue weighted by Crippen LogP contribution is 2.12. The van der Waals surface area contributed by atoms with E-state index in [0.717, 1.165) is 12.1 Å². The molecule has 0 aromatic heterocycles. The van der Waals surface area contributed by atoms with Crippen molar-refractivity contribution in [1.29, 1.82) is 0 Å². The summed E-state index contributed by atoms with van der Waals surface area (Å²) in [6, 6.07) is 2.10. The Morgan fingerprint density at radius 3 is 2.23 bits per heavy atom. The van der Waals surface area contributed by atoms with Gasteiger partial charge in [-0.25, -0.2) is 8.78 Å². The molecule has 0 amide bonds. The van der Waals surface area contributed by atoms with Gasteiger partial charge in [0.25, 0.3) is 0 Å². The fourth-order valence-corrected chi connectivity index (χ4v) is 1.72. The SMILES string of the molecule is O[Si](O)(O)Cc1ccc(F)cc1F. The highest BCUT2D eigenvalue weighted by molar-refractivity contribution is 6.55. The average molecular weight is 206 g/mol. The lowest BCUT2D eigenvalue weighted by Crippen LogP contribution is -2.38. The van der Waals surface area contributed by atoms with Gasteiger partial charge < -0.3 is 14.4 Å². The van der Waals surface area contributed by atoms with Gasteiger partial charge >= 0.3 is 8.80 Å². The normalized spacial score (nSPS) is 11.8. The van der Waals surface area contributed by atoms with Gasteiger partial charge in [0.15, 0.2) is 0 Å². The topological polar surface area (TPSA) is 60.7 Å². The molecule has 0 spiro atoms. The van der Waals surface area contributed by atoms with Crippen LogP contribution >= 0.6 is 0 Å². The van der Waals surface area contributed by atoms with E-state index in [1.807, 2.05) is 0 Å². The van der Waals surface area contributed by atoms with Crippen LogP contribution < -0.4 is 0 Å². The molecule has 0 saturated carbocycles. The Hall–Kier alpha value is -0.823. The molecule has 0 heterocycles. The highest BCUT2D eigenvalue weighted by atomic mass is 28.4. The molecule has 13 heavy (non-hydrogen) atoms. The van der Waals surface area contributed by atoms with E-state index in [9.17, 15) is 8.78 Å². The zero-order valence-electron chi connectivity index (χ0n) is 6.54. The fourth-order valence-electron chi connectivity index (χ4n) is 0.921. The van der Waals surface area contributed by atoms with Gasteiger partial charge in [0, 0.05) is 12.1 Å². The second-order valence-corrected chi connectivity index (χ2v) is 4.59. The van der Waals surface area contributed by atoms with E-state index < -0.39 is 26.5 Å². The van der Waals surface area contributed by atoms with Crippen molar-refractivity contribution in [3.8, 4) is 0 Å². The number of hydrogen-bond acceptors (Lipinski definition) is 3. The molecule has 6 heteroatoms. The van der Waals surface area contributed by atoms with Gasteiger partial charge in [0.1, 0.15) is 11.6 Å². The van der Waals surface area contributed by atoms with E-state index in [4.69, 9.17) is 14.4 Å². The van der Waals surface area contributed by atoms with Crippen molar-refractivity contribution in [2.75, 3.05) is 0 Å². The van der Waals surface area contributed by atoms with Crippen LogP contribution in [-0.2, 0) is 6.04 Å². The lowest BCUT2D eigenvalue weighted by Gasteiger charge is -2.09. The van der Waals surface area contributed by atoms with Gasteiger partial charge in [-0.05, 0) is 11.6 Å². The predicted molar refractivity (Wildman–Crippen MR) is 42.5 cm³/mol. The molecule has 0 aliphatic heterocycles. The Labute approximate surface area is 74.3 Å². The van der Waals surface area contributed by atoms with Gasteiger partial charge in [0.05, 0.1) is 0 Å².